The average Bonchev–Trinajstić information content (AvgIpc) is 2.88. The van der Waals surface area contributed by atoms with Gasteiger partial charge in [0.1, 0.15) is 0 Å². The van der Waals surface area contributed by atoms with Gasteiger partial charge in [0.05, 0.1) is 0 Å². The molecule has 0 aromatic heterocycles. The van der Waals surface area contributed by atoms with Gasteiger partial charge in [0.15, 0.2) is 17.8 Å². The normalized spacial score (nSPS) is 13.2. The summed E-state index contributed by atoms with van der Waals surface area (Å²) in [7, 11) is 0. The highest BCUT2D eigenvalue weighted by Gasteiger charge is 2.17. The summed E-state index contributed by atoms with van der Waals surface area (Å²) in [5.41, 5.74) is 1.08. The van der Waals surface area contributed by atoms with E-state index in [-0.39, 0.29) is 6.29 Å². The maximum atomic E-state index is 5.47. The van der Waals surface area contributed by atoms with Gasteiger partial charge in [-0.05, 0) is 19.9 Å². The van der Waals surface area contributed by atoms with Crippen molar-refractivity contribution in [3.05, 3.63) is 23.8 Å². The molecule has 1 heterocycles. The molecule has 1 N–H and O–H groups in total. The smallest absolute Gasteiger partial charge is 0.231 e. The van der Waals surface area contributed by atoms with Crippen LogP contribution in [0.4, 0.5) is 0 Å². The molecule has 1 aliphatic rings. The maximum absolute atomic E-state index is 5.47. The molecule has 0 spiro atoms. The highest BCUT2D eigenvalue weighted by Crippen LogP contribution is 2.35. The topological polar surface area (TPSA) is 49.0 Å². The molecule has 0 radical (unpaired) electrons. The van der Waals surface area contributed by atoms with Crippen LogP contribution in [0.15, 0.2) is 18.2 Å². The molecule has 1 aromatic rings. The van der Waals surface area contributed by atoms with Crippen LogP contribution in [-0.2, 0) is 16.0 Å². The second-order valence-electron chi connectivity index (χ2n) is 4.12. The van der Waals surface area contributed by atoms with E-state index in [0.717, 1.165) is 17.1 Å². The minimum absolute atomic E-state index is 0.205. The standard InChI is InChI=1S/C14H21NO4/c1-3-16-13(17-4-2)9-15-8-11-6-5-7-12-14(11)19-10-18-12/h5-7,13,15H,3-4,8-10H2,1-2H3. The number of hydrogen-bond donors (Lipinski definition) is 1. The lowest BCUT2D eigenvalue weighted by Gasteiger charge is -2.17. The van der Waals surface area contributed by atoms with Crippen molar-refractivity contribution >= 4 is 0 Å². The molecule has 5 heteroatoms. The highest BCUT2D eigenvalue weighted by atomic mass is 16.7. The Balaban J connectivity index is 1.83. The highest BCUT2D eigenvalue weighted by molar-refractivity contribution is 5.48. The number of para-hydroxylation sites is 1. The molecule has 0 bridgehead atoms. The van der Waals surface area contributed by atoms with Crippen molar-refractivity contribution in [3.8, 4) is 11.5 Å². The van der Waals surface area contributed by atoms with Crippen LogP contribution < -0.4 is 14.8 Å². The first kappa shape index (κ1) is 14.1. The SMILES string of the molecule is CCOC(CNCc1cccc2c1OCO2)OCC. The van der Waals surface area contributed by atoms with E-state index in [1.165, 1.54) is 0 Å². The van der Waals surface area contributed by atoms with Gasteiger partial charge in [-0.3, -0.25) is 0 Å². The van der Waals surface area contributed by atoms with Gasteiger partial charge in [-0.2, -0.15) is 0 Å². The summed E-state index contributed by atoms with van der Waals surface area (Å²) < 4.78 is 21.7. The number of benzene rings is 1. The Morgan fingerprint density at radius 3 is 2.74 bits per heavy atom. The Morgan fingerprint density at radius 2 is 2.00 bits per heavy atom. The van der Waals surface area contributed by atoms with Crippen LogP contribution in [0, 0.1) is 0 Å². The second-order valence-corrected chi connectivity index (χ2v) is 4.12. The van der Waals surface area contributed by atoms with Gasteiger partial charge in [0, 0.05) is 31.9 Å². The Labute approximate surface area is 113 Å². The molecular weight excluding hydrogens is 246 g/mol. The van der Waals surface area contributed by atoms with Gasteiger partial charge in [-0.15, -0.1) is 0 Å². The first-order valence-corrected chi connectivity index (χ1v) is 6.66. The molecule has 0 unspecified atom stereocenters. The molecule has 0 atom stereocenters. The molecule has 1 aromatic carbocycles. The van der Waals surface area contributed by atoms with Gasteiger partial charge in [0.25, 0.3) is 0 Å². The van der Waals surface area contributed by atoms with E-state index >= 15 is 0 Å². The minimum atomic E-state index is -0.205. The quantitative estimate of drug-likeness (QED) is 0.729. The van der Waals surface area contributed by atoms with E-state index in [9.17, 15) is 0 Å². The summed E-state index contributed by atoms with van der Waals surface area (Å²) in [6.07, 6.45) is -0.205. The fourth-order valence-electron chi connectivity index (χ4n) is 1.99. The van der Waals surface area contributed by atoms with Crippen LogP contribution in [0.25, 0.3) is 0 Å². The molecule has 0 aliphatic carbocycles. The zero-order valence-corrected chi connectivity index (χ0v) is 11.5. The van der Waals surface area contributed by atoms with E-state index in [1.807, 2.05) is 32.0 Å². The van der Waals surface area contributed by atoms with Crippen LogP contribution in [0.5, 0.6) is 11.5 Å². The second kappa shape index (κ2) is 7.33. The lowest BCUT2D eigenvalue weighted by molar-refractivity contribution is -0.133. The first-order chi connectivity index (χ1) is 9.35. The van der Waals surface area contributed by atoms with Crippen molar-refractivity contribution in [3.63, 3.8) is 0 Å². The van der Waals surface area contributed by atoms with Crippen LogP contribution in [0.1, 0.15) is 19.4 Å². The summed E-state index contributed by atoms with van der Waals surface area (Å²) >= 11 is 0. The zero-order valence-electron chi connectivity index (χ0n) is 11.5. The first-order valence-electron chi connectivity index (χ1n) is 6.66. The number of nitrogens with one attached hydrogen (secondary N) is 1. The summed E-state index contributed by atoms with van der Waals surface area (Å²) in [5.74, 6) is 1.64. The van der Waals surface area contributed by atoms with Crippen molar-refractivity contribution in [2.45, 2.75) is 26.7 Å². The molecule has 106 valence electrons. The molecule has 5 nitrogen and oxygen atoms in total. The Hall–Kier alpha value is -1.30. The number of hydrogen-bond acceptors (Lipinski definition) is 5. The van der Waals surface area contributed by atoms with Crippen molar-refractivity contribution in [2.75, 3.05) is 26.6 Å². The lowest BCUT2D eigenvalue weighted by Crippen LogP contribution is -2.31. The molecule has 0 saturated heterocycles. The molecule has 0 fully saturated rings. The monoisotopic (exact) mass is 267 g/mol. The summed E-state index contributed by atoms with van der Waals surface area (Å²) in [6.45, 7) is 6.85. The number of fused-ring (bicyclic) bond motifs is 1. The Bertz CT molecular complexity index is 391. The van der Waals surface area contributed by atoms with Crippen molar-refractivity contribution in [1.82, 2.24) is 5.32 Å². The summed E-state index contributed by atoms with van der Waals surface area (Å²) in [5, 5.41) is 3.32. The van der Waals surface area contributed by atoms with Crippen molar-refractivity contribution < 1.29 is 18.9 Å². The predicted octanol–water partition coefficient (Wildman–Crippen LogP) is 1.90. The van der Waals surface area contributed by atoms with E-state index < -0.39 is 0 Å². The van der Waals surface area contributed by atoms with E-state index in [2.05, 4.69) is 5.32 Å². The number of ether oxygens (including phenoxy) is 4. The van der Waals surface area contributed by atoms with Crippen LogP contribution in [-0.4, -0.2) is 32.8 Å². The third-order valence-electron chi connectivity index (χ3n) is 2.81. The zero-order chi connectivity index (χ0) is 13.5. The molecule has 2 rings (SSSR count). The molecule has 1 aliphatic heterocycles. The van der Waals surface area contributed by atoms with Crippen molar-refractivity contribution in [1.29, 1.82) is 0 Å². The molecular formula is C14H21NO4. The Morgan fingerprint density at radius 1 is 1.21 bits per heavy atom. The Kier molecular flexibility index (Phi) is 5.44. The molecule has 0 saturated carbocycles. The minimum Gasteiger partial charge on any atom is -0.454 e. The molecule has 19 heavy (non-hydrogen) atoms. The largest absolute Gasteiger partial charge is 0.454 e. The third-order valence-corrected chi connectivity index (χ3v) is 2.81. The van der Waals surface area contributed by atoms with Gasteiger partial charge in [-0.1, -0.05) is 12.1 Å². The summed E-state index contributed by atoms with van der Waals surface area (Å²) in [4.78, 5) is 0. The van der Waals surface area contributed by atoms with Gasteiger partial charge < -0.3 is 24.3 Å². The van der Waals surface area contributed by atoms with E-state index in [1.54, 1.807) is 0 Å². The van der Waals surface area contributed by atoms with E-state index in [4.69, 9.17) is 18.9 Å². The van der Waals surface area contributed by atoms with Crippen LogP contribution >= 0.6 is 0 Å². The van der Waals surface area contributed by atoms with Gasteiger partial charge in [0.2, 0.25) is 6.79 Å². The average molecular weight is 267 g/mol. The number of rotatable bonds is 8. The van der Waals surface area contributed by atoms with Crippen LogP contribution in [0.3, 0.4) is 0 Å². The maximum Gasteiger partial charge on any atom is 0.231 e. The summed E-state index contributed by atoms with van der Waals surface area (Å²) in [6, 6.07) is 5.90. The fraction of sp³-hybridized carbons (Fsp3) is 0.571. The third kappa shape index (κ3) is 3.83. The predicted molar refractivity (Wildman–Crippen MR) is 71.3 cm³/mol. The van der Waals surface area contributed by atoms with Crippen molar-refractivity contribution in [2.24, 2.45) is 0 Å². The van der Waals surface area contributed by atoms with Gasteiger partial charge in [-0.25, -0.2) is 0 Å². The van der Waals surface area contributed by atoms with Gasteiger partial charge >= 0.3 is 0 Å². The molecule has 0 amide bonds. The lowest BCUT2D eigenvalue weighted by atomic mass is 10.2. The fourth-order valence-corrected chi connectivity index (χ4v) is 1.99. The van der Waals surface area contributed by atoms with Crippen LogP contribution in [0.2, 0.25) is 0 Å². The van der Waals surface area contributed by atoms with E-state index in [0.29, 0.717) is 33.1 Å².